The molecule has 0 aromatic heterocycles. The Bertz CT molecular complexity index is 1070. The summed E-state index contributed by atoms with van der Waals surface area (Å²) in [6.07, 6.45) is 1.74. The first-order valence-corrected chi connectivity index (χ1v) is 11.6. The van der Waals surface area contributed by atoms with Gasteiger partial charge < -0.3 is 9.64 Å². The molecule has 1 N–H and O–H groups in total. The summed E-state index contributed by atoms with van der Waals surface area (Å²) in [6, 6.07) is 6.51. The minimum Gasteiger partial charge on any atom is -0.489 e. The Morgan fingerprint density at radius 1 is 1.10 bits per heavy atom. The lowest BCUT2D eigenvalue weighted by molar-refractivity contribution is 0.0977. The minimum atomic E-state index is -3.84. The lowest BCUT2D eigenvalue weighted by Crippen LogP contribution is -2.38. The van der Waals surface area contributed by atoms with E-state index in [4.69, 9.17) is 27.9 Å². The zero-order valence-corrected chi connectivity index (χ0v) is 18.1. The van der Waals surface area contributed by atoms with Crippen molar-refractivity contribution >= 4 is 44.8 Å². The van der Waals surface area contributed by atoms with Crippen LogP contribution in [0.2, 0.25) is 10.0 Å². The third-order valence-electron chi connectivity index (χ3n) is 4.55. The summed E-state index contributed by atoms with van der Waals surface area (Å²) in [7, 11) is -3.84. The van der Waals surface area contributed by atoms with E-state index in [9.17, 15) is 22.0 Å². The number of benzene rings is 2. The molecule has 11 heteroatoms. The van der Waals surface area contributed by atoms with Crippen LogP contribution in [0.3, 0.4) is 0 Å². The molecule has 3 rings (SSSR count). The van der Waals surface area contributed by atoms with Crippen LogP contribution in [-0.2, 0) is 10.0 Å². The van der Waals surface area contributed by atoms with Gasteiger partial charge in [0, 0.05) is 37.7 Å². The average Bonchev–Trinajstić information content (AvgIpc) is 2.66. The van der Waals surface area contributed by atoms with E-state index in [2.05, 4.69) is 0 Å². The summed E-state index contributed by atoms with van der Waals surface area (Å²) in [5.41, 5.74) is 0.297. The Morgan fingerprint density at radius 2 is 1.77 bits per heavy atom. The van der Waals surface area contributed by atoms with Crippen LogP contribution in [0.4, 0.5) is 14.5 Å². The SMILES string of the molecule is CS(=O)(=O)NC(=O)c1cc(Cl)c(OC2CCN(c3ccc(F)c(Cl)c3)CC2)cc1F. The smallest absolute Gasteiger partial charge is 0.267 e. The van der Waals surface area contributed by atoms with E-state index < -0.39 is 33.1 Å². The normalized spacial score (nSPS) is 15.2. The van der Waals surface area contributed by atoms with Crippen molar-refractivity contribution in [1.82, 2.24) is 4.72 Å². The molecule has 0 atom stereocenters. The number of anilines is 1. The van der Waals surface area contributed by atoms with Crippen LogP contribution in [0.1, 0.15) is 23.2 Å². The van der Waals surface area contributed by atoms with Gasteiger partial charge in [-0.15, -0.1) is 0 Å². The van der Waals surface area contributed by atoms with Crippen LogP contribution in [0.25, 0.3) is 0 Å². The van der Waals surface area contributed by atoms with Gasteiger partial charge in [0.15, 0.2) is 0 Å². The second kappa shape index (κ2) is 8.95. The highest BCUT2D eigenvalue weighted by Crippen LogP contribution is 2.31. The molecule has 0 aliphatic carbocycles. The van der Waals surface area contributed by atoms with E-state index in [0.29, 0.717) is 25.9 Å². The lowest BCUT2D eigenvalue weighted by Gasteiger charge is -2.34. The van der Waals surface area contributed by atoms with Gasteiger partial charge in [0.05, 0.1) is 21.9 Å². The molecule has 1 saturated heterocycles. The molecule has 0 radical (unpaired) electrons. The van der Waals surface area contributed by atoms with Crippen LogP contribution in [0, 0.1) is 11.6 Å². The van der Waals surface area contributed by atoms with Crippen LogP contribution < -0.4 is 14.4 Å². The highest BCUT2D eigenvalue weighted by Gasteiger charge is 2.24. The van der Waals surface area contributed by atoms with Crippen LogP contribution in [0.5, 0.6) is 5.75 Å². The van der Waals surface area contributed by atoms with Gasteiger partial charge >= 0.3 is 0 Å². The van der Waals surface area contributed by atoms with Crippen LogP contribution >= 0.6 is 23.2 Å². The number of rotatable bonds is 5. The zero-order valence-electron chi connectivity index (χ0n) is 15.8. The molecular weight excluding hydrogens is 461 g/mol. The third-order valence-corrected chi connectivity index (χ3v) is 5.69. The monoisotopic (exact) mass is 478 g/mol. The standard InChI is InChI=1S/C19H18Cl2F2N2O4S/c1-30(27,28)24-19(26)13-9-15(21)18(10-17(13)23)29-12-4-6-25(7-5-12)11-2-3-16(22)14(20)8-11/h2-3,8-10,12H,4-7H2,1H3,(H,24,26). The molecule has 1 heterocycles. The Balaban J connectivity index is 1.65. The van der Waals surface area contributed by atoms with Crippen LogP contribution in [-0.4, -0.2) is 39.8 Å². The maximum absolute atomic E-state index is 14.3. The largest absolute Gasteiger partial charge is 0.489 e. The van der Waals surface area contributed by atoms with Crippen molar-refractivity contribution in [2.45, 2.75) is 18.9 Å². The summed E-state index contributed by atoms with van der Waals surface area (Å²) >= 11 is 11.9. The number of ether oxygens (including phenoxy) is 1. The van der Waals surface area contributed by atoms with E-state index >= 15 is 0 Å². The molecule has 1 aliphatic heterocycles. The maximum atomic E-state index is 14.3. The van der Waals surface area contributed by atoms with Gasteiger partial charge in [-0.1, -0.05) is 23.2 Å². The van der Waals surface area contributed by atoms with Crippen molar-refractivity contribution in [3.05, 3.63) is 57.6 Å². The predicted molar refractivity (Wildman–Crippen MR) is 111 cm³/mol. The number of carbonyl (C=O) groups excluding carboxylic acids is 1. The van der Waals surface area contributed by atoms with E-state index in [1.807, 2.05) is 4.90 Å². The fourth-order valence-corrected chi connectivity index (χ4v) is 3.94. The van der Waals surface area contributed by atoms with E-state index in [1.165, 1.54) is 6.07 Å². The Labute approximate surface area is 182 Å². The Morgan fingerprint density at radius 3 is 2.37 bits per heavy atom. The Hall–Kier alpha value is -2.10. The van der Waals surface area contributed by atoms with Crippen molar-refractivity contribution in [3.8, 4) is 5.75 Å². The van der Waals surface area contributed by atoms with Gasteiger partial charge in [0.1, 0.15) is 23.5 Å². The second-order valence-electron chi connectivity index (χ2n) is 6.87. The third kappa shape index (κ3) is 5.53. The average molecular weight is 479 g/mol. The molecule has 2 aromatic rings. The van der Waals surface area contributed by atoms with Crippen molar-refractivity contribution in [2.24, 2.45) is 0 Å². The molecule has 1 fully saturated rings. The molecule has 162 valence electrons. The molecule has 0 spiro atoms. The first-order valence-electron chi connectivity index (χ1n) is 8.91. The van der Waals surface area contributed by atoms with Gasteiger partial charge in [-0.2, -0.15) is 0 Å². The molecule has 0 unspecified atom stereocenters. The molecule has 2 aromatic carbocycles. The summed E-state index contributed by atoms with van der Waals surface area (Å²) in [5, 5.41) is 0.0379. The van der Waals surface area contributed by atoms with Gasteiger partial charge in [-0.05, 0) is 24.3 Å². The first-order chi connectivity index (χ1) is 14.0. The summed E-state index contributed by atoms with van der Waals surface area (Å²) < 4.78 is 57.5. The number of nitrogens with zero attached hydrogens (tertiary/aromatic N) is 1. The van der Waals surface area contributed by atoms with Gasteiger partial charge in [0.25, 0.3) is 5.91 Å². The quantitative estimate of drug-likeness (QED) is 0.702. The number of halogens is 4. The summed E-state index contributed by atoms with van der Waals surface area (Å²) in [6.45, 7) is 1.23. The summed E-state index contributed by atoms with van der Waals surface area (Å²) in [5.74, 6) is -2.49. The molecule has 6 nitrogen and oxygen atoms in total. The lowest BCUT2D eigenvalue weighted by atomic mass is 10.1. The number of hydrogen-bond donors (Lipinski definition) is 1. The van der Waals surface area contributed by atoms with Gasteiger partial charge in [0.2, 0.25) is 10.0 Å². The van der Waals surface area contributed by atoms with Crippen molar-refractivity contribution in [1.29, 1.82) is 0 Å². The van der Waals surface area contributed by atoms with Crippen molar-refractivity contribution in [2.75, 3.05) is 24.2 Å². The second-order valence-corrected chi connectivity index (χ2v) is 9.43. The molecule has 0 bridgehead atoms. The van der Waals surface area contributed by atoms with Crippen LogP contribution in [0.15, 0.2) is 30.3 Å². The number of hydrogen-bond acceptors (Lipinski definition) is 5. The minimum absolute atomic E-state index is 0.0113. The first kappa shape index (κ1) is 22.6. The topological polar surface area (TPSA) is 75.7 Å². The fraction of sp³-hybridized carbons (Fsp3) is 0.316. The molecule has 1 amide bonds. The predicted octanol–water partition coefficient (Wildman–Crippen LogP) is 4.01. The van der Waals surface area contributed by atoms with Crippen molar-refractivity contribution in [3.63, 3.8) is 0 Å². The highest BCUT2D eigenvalue weighted by molar-refractivity contribution is 7.89. The zero-order chi connectivity index (χ0) is 22.1. The molecule has 30 heavy (non-hydrogen) atoms. The van der Waals surface area contributed by atoms with Gasteiger partial charge in [-0.3, -0.25) is 4.79 Å². The molecular formula is C19H18Cl2F2N2O4S. The summed E-state index contributed by atoms with van der Waals surface area (Å²) in [4.78, 5) is 13.9. The van der Waals surface area contributed by atoms with Gasteiger partial charge in [-0.25, -0.2) is 21.9 Å². The van der Waals surface area contributed by atoms with Crippen molar-refractivity contribution < 1.29 is 26.7 Å². The number of amides is 1. The fourth-order valence-electron chi connectivity index (χ4n) is 3.11. The molecule has 1 aliphatic rings. The Kier molecular flexibility index (Phi) is 6.74. The highest BCUT2D eigenvalue weighted by atomic mass is 35.5. The number of carbonyl (C=O) groups is 1. The molecule has 0 saturated carbocycles. The van der Waals surface area contributed by atoms with E-state index in [-0.39, 0.29) is 21.9 Å². The van der Waals surface area contributed by atoms with E-state index in [0.717, 1.165) is 24.1 Å². The van der Waals surface area contributed by atoms with E-state index in [1.54, 1.807) is 16.9 Å². The number of sulfonamides is 1. The number of nitrogens with one attached hydrogen (secondary N) is 1. The maximum Gasteiger partial charge on any atom is 0.267 e. The number of piperidine rings is 1.